The van der Waals surface area contributed by atoms with Crippen molar-refractivity contribution in [2.75, 3.05) is 18.5 Å². The van der Waals surface area contributed by atoms with E-state index in [1.807, 2.05) is 20.8 Å². The maximum absolute atomic E-state index is 11.7. The number of benzene rings is 1. The number of urea groups is 1. The number of amides is 2. The summed E-state index contributed by atoms with van der Waals surface area (Å²) < 4.78 is 5.59. The van der Waals surface area contributed by atoms with Crippen molar-refractivity contribution in [3.8, 4) is 5.75 Å². The van der Waals surface area contributed by atoms with E-state index in [0.29, 0.717) is 23.0 Å². The van der Waals surface area contributed by atoms with Gasteiger partial charge >= 0.3 is 6.03 Å². The molecule has 0 aliphatic heterocycles. The van der Waals surface area contributed by atoms with Gasteiger partial charge in [0, 0.05) is 24.3 Å². The fourth-order valence-corrected chi connectivity index (χ4v) is 2.44. The molecule has 5 N–H and O–H groups in total. The third-order valence-corrected chi connectivity index (χ3v) is 3.88. The minimum Gasteiger partial charge on any atom is -0.489 e. The normalized spacial score (nSPS) is 12.4. The van der Waals surface area contributed by atoms with Gasteiger partial charge in [-0.15, -0.1) is 0 Å². The Kier molecular flexibility index (Phi) is 13.9. The van der Waals surface area contributed by atoms with Crippen molar-refractivity contribution in [1.29, 1.82) is 0 Å². The van der Waals surface area contributed by atoms with E-state index in [9.17, 15) is 9.90 Å². The Labute approximate surface area is 171 Å². The molecular weight excluding hydrogens is 386 g/mol. The summed E-state index contributed by atoms with van der Waals surface area (Å²) >= 11 is 6.19. The molecular formula is C19H32ClN3O5. The van der Waals surface area contributed by atoms with Crippen molar-refractivity contribution >= 4 is 29.8 Å². The molecule has 160 valence electrons. The molecule has 8 nitrogen and oxygen atoms in total. The second-order valence-electron chi connectivity index (χ2n) is 6.47. The van der Waals surface area contributed by atoms with Gasteiger partial charge in [0.25, 0.3) is 6.47 Å². The molecule has 0 aliphatic rings. The number of unbranched alkanes of at least 4 members (excludes halogenated alkanes) is 1. The van der Waals surface area contributed by atoms with Gasteiger partial charge in [0.2, 0.25) is 0 Å². The molecule has 1 rings (SSSR count). The summed E-state index contributed by atoms with van der Waals surface area (Å²) in [4.78, 5) is 20.1. The molecule has 0 spiro atoms. The first-order valence-electron chi connectivity index (χ1n) is 9.24. The first-order chi connectivity index (χ1) is 13.2. The first kappa shape index (κ1) is 26.0. The minimum atomic E-state index is -0.652. The van der Waals surface area contributed by atoms with Crippen LogP contribution in [-0.2, 0) is 4.79 Å². The lowest BCUT2D eigenvalue weighted by Crippen LogP contribution is -2.43. The van der Waals surface area contributed by atoms with E-state index in [1.54, 1.807) is 18.2 Å². The lowest BCUT2D eigenvalue weighted by atomic mass is 10.2. The van der Waals surface area contributed by atoms with Crippen molar-refractivity contribution in [3.63, 3.8) is 0 Å². The molecule has 0 heterocycles. The number of hydrogen-bond donors (Lipinski definition) is 5. The zero-order chi connectivity index (χ0) is 21.5. The molecule has 0 saturated carbocycles. The molecule has 2 amide bonds. The number of aliphatic hydroxyl groups is 1. The maximum atomic E-state index is 11.7. The molecule has 2 unspecified atom stereocenters. The Morgan fingerprint density at radius 2 is 1.96 bits per heavy atom. The van der Waals surface area contributed by atoms with Crippen LogP contribution in [0.5, 0.6) is 5.75 Å². The van der Waals surface area contributed by atoms with Gasteiger partial charge in [0.05, 0.1) is 5.02 Å². The molecule has 1 aromatic carbocycles. The SMILES string of the molecule is CCCCNC(=O)Nc1ccc(OCC(O)C(C)NC(C)C)c(Cl)c1.O=CO. The Bertz CT molecular complexity index is 587. The Hall–Kier alpha value is -2.03. The molecule has 28 heavy (non-hydrogen) atoms. The quantitative estimate of drug-likeness (QED) is 0.295. The predicted octanol–water partition coefficient (Wildman–Crippen LogP) is 3.09. The van der Waals surface area contributed by atoms with Gasteiger partial charge in [-0.3, -0.25) is 4.79 Å². The van der Waals surface area contributed by atoms with E-state index in [2.05, 4.69) is 22.9 Å². The summed E-state index contributed by atoms with van der Waals surface area (Å²) in [5, 5.41) is 26.1. The summed E-state index contributed by atoms with van der Waals surface area (Å²) in [6.07, 6.45) is 1.31. The number of aliphatic hydroxyl groups excluding tert-OH is 1. The van der Waals surface area contributed by atoms with Crippen LogP contribution >= 0.6 is 11.6 Å². The van der Waals surface area contributed by atoms with Crippen LogP contribution in [0.25, 0.3) is 0 Å². The molecule has 1 aromatic rings. The largest absolute Gasteiger partial charge is 0.489 e. The van der Waals surface area contributed by atoms with Gasteiger partial charge in [-0.2, -0.15) is 0 Å². The summed E-state index contributed by atoms with van der Waals surface area (Å²) in [6, 6.07) is 4.94. The van der Waals surface area contributed by atoms with Gasteiger partial charge in [-0.05, 0) is 31.5 Å². The molecule has 0 fully saturated rings. The lowest BCUT2D eigenvalue weighted by Gasteiger charge is -2.23. The van der Waals surface area contributed by atoms with Crippen LogP contribution < -0.4 is 20.7 Å². The Morgan fingerprint density at radius 3 is 2.50 bits per heavy atom. The third kappa shape index (κ3) is 11.6. The summed E-state index contributed by atoms with van der Waals surface area (Å²) in [7, 11) is 0. The zero-order valence-electron chi connectivity index (χ0n) is 16.9. The molecule has 0 bridgehead atoms. The standard InChI is InChI=1S/C18H30ClN3O3.CH2O2/c1-5-6-9-20-18(24)22-14-7-8-17(15(19)10-14)25-11-16(23)13(4)21-12(2)3;2-1-3/h7-8,10,12-13,16,21,23H,5-6,9,11H2,1-4H3,(H2,20,22,24);1H,(H,2,3). The number of hydrogen-bond acceptors (Lipinski definition) is 5. The van der Waals surface area contributed by atoms with Crippen molar-refractivity contribution in [2.45, 2.75) is 58.7 Å². The van der Waals surface area contributed by atoms with E-state index < -0.39 is 6.10 Å². The van der Waals surface area contributed by atoms with Crippen LogP contribution in [-0.4, -0.2) is 54.1 Å². The zero-order valence-corrected chi connectivity index (χ0v) is 17.6. The maximum Gasteiger partial charge on any atom is 0.319 e. The number of nitrogens with one attached hydrogen (secondary N) is 3. The number of carbonyl (C=O) groups is 2. The van der Waals surface area contributed by atoms with Crippen molar-refractivity contribution in [1.82, 2.24) is 10.6 Å². The second kappa shape index (κ2) is 15.0. The highest BCUT2D eigenvalue weighted by Gasteiger charge is 2.16. The van der Waals surface area contributed by atoms with Crippen LogP contribution in [0.2, 0.25) is 5.02 Å². The Morgan fingerprint density at radius 1 is 1.32 bits per heavy atom. The van der Waals surface area contributed by atoms with Crippen molar-refractivity contribution in [3.05, 3.63) is 23.2 Å². The fourth-order valence-electron chi connectivity index (χ4n) is 2.21. The number of rotatable bonds is 10. The van der Waals surface area contributed by atoms with E-state index in [-0.39, 0.29) is 31.2 Å². The predicted molar refractivity (Wildman–Crippen MR) is 111 cm³/mol. The van der Waals surface area contributed by atoms with Crippen molar-refractivity contribution in [2.24, 2.45) is 0 Å². The highest BCUT2D eigenvalue weighted by molar-refractivity contribution is 6.32. The highest BCUT2D eigenvalue weighted by atomic mass is 35.5. The van der Waals surface area contributed by atoms with Crippen LogP contribution in [0.15, 0.2) is 18.2 Å². The molecule has 0 aromatic heterocycles. The molecule has 0 saturated heterocycles. The first-order valence-corrected chi connectivity index (χ1v) is 9.62. The fraction of sp³-hybridized carbons (Fsp3) is 0.579. The van der Waals surface area contributed by atoms with Crippen molar-refractivity contribution < 1.29 is 24.5 Å². The van der Waals surface area contributed by atoms with E-state index in [0.717, 1.165) is 12.8 Å². The number of halogens is 1. The number of anilines is 1. The van der Waals surface area contributed by atoms with Crippen LogP contribution in [0.4, 0.5) is 10.5 Å². The average Bonchev–Trinajstić information content (AvgIpc) is 2.61. The van der Waals surface area contributed by atoms with Gasteiger partial charge < -0.3 is 30.9 Å². The minimum absolute atomic E-state index is 0.0912. The van der Waals surface area contributed by atoms with Gasteiger partial charge in [-0.1, -0.05) is 38.8 Å². The van der Waals surface area contributed by atoms with Gasteiger partial charge in [-0.25, -0.2) is 4.79 Å². The van der Waals surface area contributed by atoms with E-state index >= 15 is 0 Å². The molecule has 0 radical (unpaired) electrons. The number of carbonyl (C=O) groups excluding carboxylic acids is 1. The Balaban J connectivity index is 0.00000227. The van der Waals surface area contributed by atoms with Gasteiger partial charge in [0.15, 0.2) is 0 Å². The summed E-state index contributed by atoms with van der Waals surface area (Å²) in [5.74, 6) is 0.467. The smallest absolute Gasteiger partial charge is 0.319 e. The van der Waals surface area contributed by atoms with Gasteiger partial charge in [0.1, 0.15) is 18.5 Å². The molecule has 2 atom stereocenters. The van der Waals surface area contributed by atoms with Crippen LogP contribution in [0, 0.1) is 0 Å². The topological polar surface area (TPSA) is 120 Å². The molecule has 0 aliphatic carbocycles. The molecule has 9 heteroatoms. The number of ether oxygens (including phenoxy) is 1. The van der Waals surface area contributed by atoms with E-state index in [4.69, 9.17) is 26.2 Å². The lowest BCUT2D eigenvalue weighted by molar-refractivity contribution is -0.122. The third-order valence-electron chi connectivity index (χ3n) is 3.59. The van der Waals surface area contributed by atoms with E-state index in [1.165, 1.54) is 0 Å². The monoisotopic (exact) mass is 417 g/mol. The van der Waals surface area contributed by atoms with Crippen LogP contribution in [0.1, 0.15) is 40.5 Å². The number of carboxylic acid groups (broad SMARTS) is 1. The second-order valence-corrected chi connectivity index (χ2v) is 6.88. The summed E-state index contributed by atoms with van der Waals surface area (Å²) in [5.41, 5.74) is 0.585. The highest BCUT2D eigenvalue weighted by Crippen LogP contribution is 2.27. The average molecular weight is 418 g/mol. The van der Waals surface area contributed by atoms with Crippen LogP contribution in [0.3, 0.4) is 0 Å². The summed E-state index contributed by atoms with van der Waals surface area (Å²) in [6.45, 7) is 8.52.